The number of carbonyl (C=O) groups excluding carboxylic acids is 1. The zero-order chi connectivity index (χ0) is 18.3. The lowest BCUT2D eigenvalue weighted by Gasteiger charge is -2.08. The van der Waals surface area contributed by atoms with Gasteiger partial charge in [-0.05, 0) is 42.3 Å². The molecule has 0 aliphatic rings. The van der Waals surface area contributed by atoms with E-state index in [-0.39, 0.29) is 23.8 Å². The molecule has 0 unspecified atom stereocenters. The molecule has 2 N–H and O–H groups in total. The largest absolute Gasteiger partial charge is 0.326 e. The molecule has 0 fully saturated rings. The number of halogens is 1. The summed E-state index contributed by atoms with van der Waals surface area (Å²) in [6.45, 7) is 3.62. The maximum Gasteiger partial charge on any atom is 0.240 e. The van der Waals surface area contributed by atoms with E-state index in [1.165, 1.54) is 18.2 Å². The lowest BCUT2D eigenvalue weighted by molar-refractivity contribution is -0.116. The van der Waals surface area contributed by atoms with Crippen LogP contribution in [-0.4, -0.2) is 20.9 Å². The average Bonchev–Trinajstić information content (AvgIpc) is 2.60. The first-order valence-corrected chi connectivity index (χ1v) is 9.52. The summed E-state index contributed by atoms with van der Waals surface area (Å²) in [5.74, 6) is -0.166. The van der Waals surface area contributed by atoms with Gasteiger partial charge in [0.05, 0.1) is 4.90 Å². The van der Waals surface area contributed by atoms with Gasteiger partial charge in [-0.15, -0.1) is 6.58 Å². The fourth-order valence-corrected chi connectivity index (χ4v) is 3.37. The Bertz CT molecular complexity index is 849. The summed E-state index contributed by atoms with van der Waals surface area (Å²) in [6, 6.07) is 13.4. The number of aryl methyl sites for hydroxylation is 1. The number of nitrogens with one attached hydrogen (secondary N) is 2. The van der Waals surface area contributed by atoms with Crippen molar-refractivity contribution < 1.29 is 13.2 Å². The number of benzene rings is 2. The van der Waals surface area contributed by atoms with Crippen LogP contribution in [0.1, 0.15) is 12.0 Å². The van der Waals surface area contributed by atoms with E-state index < -0.39 is 10.0 Å². The number of amides is 1. The van der Waals surface area contributed by atoms with Gasteiger partial charge in [-0.25, -0.2) is 13.1 Å². The van der Waals surface area contributed by atoms with E-state index in [0.29, 0.717) is 17.1 Å². The number of rotatable bonds is 8. The molecule has 0 saturated carbocycles. The Morgan fingerprint density at radius 2 is 1.80 bits per heavy atom. The first-order chi connectivity index (χ1) is 11.9. The quantitative estimate of drug-likeness (QED) is 0.691. The third kappa shape index (κ3) is 5.70. The van der Waals surface area contributed by atoms with E-state index in [4.69, 9.17) is 11.6 Å². The molecule has 2 rings (SSSR count). The van der Waals surface area contributed by atoms with Crippen LogP contribution in [0.3, 0.4) is 0 Å². The van der Waals surface area contributed by atoms with Crippen LogP contribution in [0.5, 0.6) is 0 Å². The fraction of sp³-hybridized carbons (Fsp3) is 0.167. The average molecular weight is 379 g/mol. The van der Waals surface area contributed by atoms with Crippen molar-refractivity contribution in [2.45, 2.75) is 17.7 Å². The highest BCUT2D eigenvalue weighted by Crippen LogP contribution is 2.18. The lowest BCUT2D eigenvalue weighted by atomic mass is 10.1. The van der Waals surface area contributed by atoms with Gasteiger partial charge in [0.2, 0.25) is 15.9 Å². The Kier molecular flexibility index (Phi) is 6.75. The Morgan fingerprint density at radius 3 is 2.44 bits per heavy atom. The molecule has 1 amide bonds. The van der Waals surface area contributed by atoms with Gasteiger partial charge >= 0.3 is 0 Å². The van der Waals surface area contributed by atoms with Gasteiger partial charge in [0.1, 0.15) is 0 Å². The van der Waals surface area contributed by atoms with Crippen molar-refractivity contribution >= 4 is 33.2 Å². The summed E-state index contributed by atoms with van der Waals surface area (Å²) in [7, 11) is -3.57. The highest BCUT2D eigenvalue weighted by Gasteiger charge is 2.12. The summed E-state index contributed by atoms with van der Waals surface area (Å²) in [5, 5.41) is 3.38. The standard InChI is InChI=1S/C18H19ClN2O3S/c1-2-13-20-25(23,24)16-10-8-15(9-11-16)21-18(22)12-7-14-5-3-4-6-17(14)19/h2-6,8-11,20H,1,7,12-13H2,(H,21,22). The summed E-state index contributed by atoms with van der Waals surface area (Å²) >= 11 is 6.06. The molecule has 0 bridgehead atoms. The van der Waals surface area contributed by atoms with E-state index in [2.05, 4.69) is 16.6 Å². The van der Waals surface area contributed by atoms with E-state index in [1.54, 1.807) is 18.2 Å². The number of hydrogen-bond donors (Lipinski definition) is 2. The van der Waals surface area contributed by atoms with Gasteiger partial charge < -0.3 is 5.32 Å². The molecule has 2 aromatic carbocycles. The Morgan fingerprint density at radius 1 is 1.12 bits per heavy atom. The van der Waals surface area contributed by atoms with E-state index in [0.717, 1.165) is 5.56 Å². The summed E-state index contributed by atoms with van der Waals surface area (Å²) in [6.07, 6.45) is 2.28. The topological polar surface area (TPSA) is 75.3 Å². The van der Waals surface area contributed by atoms with Gasteiger partial charge in [-0.1, -0.05) is 35.9 Å². The highest BCUT2D eigenvalue weighted by atomic mass is 35.5. The van der Waals surface area contributed by atoms with Crippen LogP contribution in [0.25, 0.3) is 0 Å². The minimum absolute atomic E-state index is 0.128. The third-order valence-electron chi connectivity index (χ3n) is 3.45. The molecule has 5 nitrogen and oxygen atoms in total. The second-order valence-electron chi connectivity index (χ2n) is 5.30. The maximum atomic E-state index is 12.0. The molecule has 0 aliphatic heterocycles. The molecular formula is C18H19ClN2O3S. The summed E-state index contributed by atoms with van der Waals surface area (Å²) in [5.41, 5.74) is 1.45. The van der Waals surface area contributed by atoms with Crippen LogP contribution in [0.2, 0.25) is 5.02 Å². The zero-order valence-corrected chi connectivity index (χ0v) is 15.1. The Hall–Kier alpha value is -2.15. The molecule has 7 heteroatoms. The molecule has 0 saturated heterocycles. The van der Waals surface area contributed by atoms with Crippen LogP contribution in [0.15, 0.2) is 66.1 Å². The third-order valence-corrected chi connectivity index (χ3v) is 5.25. The lowest BCUT2D eigenvalue weighted by Crippen LogP contribution is -2.23. The molecular weight excluding hydrogens is 360 g/mol. The Balaban J connectivity index is 1.93. The van der Waals surface area contributed by atoms with Gasteiger partial charge in [-0.2, -0.15) is 0 Å². The number of carbonyl (C=O) groups is 1. The van der Waals surface area contributed by atoms with Gasteiger partial charge in [0.25, 0.3) is 0 Å². The minimum atomic E-state index is -3.57. The molecule has 0 atom stereocenters. The molecule has 0 spiro atoms. The minimum Gasteiger partial charge on any atom is -0.326 e. The van der Waals surface area contributed by atoms with Gasteiger partial charge in [0.15, 0.2) is 0 Å². The monoisotopic (exact) mass is 378 g/mol. The molecule has 25 heavy (non-hydrogen) atoms. The van der Waals surface area contributed by atoms with Crippen LogP contribution >= 0.6 is 11.6 Å². The first kappa shape index (κ1) is 19.2. The van der Waals surface area contributed by atoms with E-state index >= 15 is 0 Å². The molecule has 2 aromatic rings. The Labute approximate surface area is 152 Å². The van der Waals surface area contributed by atoms with Crippen LogP contribution < -0.4 is 10.0 Å². The van der Waals surface area contributed by atoms with Gasteiger partial charge in [0, 0.05) is 23.7 Å². The maximum absolute atomic E-state index is 12.0. The zero-order valence-electron chi connectivity index (χ0n) is 13.5. The fourth-order valence-electron chi connectivity index (χ4n) is 2.14. The van der Waals surface area contributed by atoms with Crippen molar-refractivity contribution in [3.8, 4) is 0 Å². The van der Waals surface area contributed by atoms with Crippen molar-refractivity contribution in [1.29, 1.82) is 0 Å². The number of sulfonamides is 1. The summed E-state index contributed by atoms with van der Waals surface area (Å²) < 4.78 is 26.3. The van der Waals surface area contributed by atoms with Gasteiger partial charge in [-0.3, -0.25) is 4.79 Å². The second-order valence-corrected chi connectivity index (χ2v) is 7.48. The molecule has 0 aromatic heterocycles. The first-order valence-electron chi connectivity index (χ1n) is 7.66. The molecule has 0 heterocycles. The predicted octanol–water partition coefficient (Wildman–Crippen LogP) is 3.38. The van der Waals surface area contributed by atoms with E-state index in [1.807, 2.05) is 18.2 Å². The molecule has 132 valence electrons. The van der Waals surface area contributed by atoms with Crippen molar-refractivity contribution in [1.82, 2.24) is 4.72 Å². The summed E-state index contributed by atoms with van der Waals surface area (Å²) in [4.78, 5) is 12.2. The molecule has 0 aliphatic carbocycles. The predicted molar refractivity (Wildman–Crippen MR) is 100 cm³/mol. The van der Waals surface area contributed by atoms with Crippen molar-refractivity contribution in [3.05, 3.63) is 71.8 Å². The van der Waals surface area contributed by atoms with Crippen molar-refractivity contribution in [2.75, 3.05) is 11.9 Å². The van der Waals surface area contributed by atoms with E-state index in [9.17, 15) is 13.2 Å². The van der Waals surface area contributed by atoms with Crippen LogP contribution in [0, 0.1) is 0 Å². The number of anilines is 1. The second kappa shape index (κ2) is 8.80. The smallest absolute Gasteiger partial charge is 0.240 e. The normalized spacial score (nSPS) is 11.1. The SMILES string of the molecule is C=CCNS(=O)(=O)c1ccc(NC(=O)CCc2ccccc2Cl)cc1. The highest BCUT2D eigenvalue weighted by molar-refractivity contribution is 7.89. The molecule has 0 radical (unpaired) electrons. The van der Waals surface area contributed by atoms with Crippen molar-refractivity contribution in [2.24, 2.45) is 0 Å². The van der Waals surface area contributed by atoms with Crippen LogP contribution in [0.4, 0.5) is 5.69 Å². The number of hydrogen-bond acceptors (Lipinski definition) is 3. The van der Waals surface area contributed by atoms with Crippen molar-refractivity contribution in [3.63, 3.8) is 0 Å². The van der Waals surface area contributed by atoms with Crippen LogP contribution in [-0.2, 0) is 21.2 Å².